The molecule has 0 spiro atoms. The van der Waals surface area contributed by atoms with Gasteiger partial charge in [-0.25, -0.2) is 0 Å². The SMILES string of the molecule is CC(C)/C=C/CCCCCCO. The molecule has 0 fully saturated rings. The molecule has 0 aromatic heterocycles. The molecule has 0 radical (unpaired) electrons. The Kier molecular flexibility index (Phi) is 8.57. The molecular weight excluding hydrogens is 148 g/mol. The maximum atomic E-state index is 8.53. The van der Waals surface area contributed by atoms with Crippen molar-refractivity contribution in [3.8, 4) is 0 Å². The van der Waals surface area contributed by atoms with Crippen LogP contribution in [0.25, 0.3) is 0 Å². The van der Waals surface area contributed by atoms with E-state index in [1.54, 1.807) is 0 Å². The van der Waals surface area contributed by atoms with Crippen molar-refractivity contribution in [3.63, 3.8) is 0 Å². The second kappa shape index (κ2) is 8.79. The van der Waals surface area contributed by atoms with E-state index in [1.807, 2.05) is 0 Å². The van der Waals surface area contributed by atoms with Gasteiger partial charge in [-0.15, -0.1) is 0 Å². The summed E-state index contributed by atoms with van der Waals surface area (Å²) in [4.78, 5) is 0. The van der Waals surface area contributed by atoms with Gasteiger partial charge in [0.25, 0.3) is 0 Å². The van der Waals surface area contributed by atoms with E-state index in [4.69, 9.17) is 5.11 Å². The molecule has 72 valence electrons. The molecule has 0 saturated heterocycles. The molecule has 0 aliphatic heterocycles. The van der Waals surface area contributed by atoms with Crippen LogP contribution in [0.15, 0.2) is 12.2 Å². The Labute approximate surface area is 76.5 Å². The molecule has 0 unspecified atom stereocenters. The first-order valence-corrected chi connectivity index (χ1v) is 5.05. The zero-order valence-electron chi connectivity index (χ0n) is 8.42. The van der Waals surface area contributed by atoms with Gasteiger partial charge in [0.1, 0.15) is 0 Å². The first-order valence-electron chi connectivity index (χ1n) is 5.05. The van der Waals surface area contributed by atoms with Crippen LogP contribution in [0.5, 0.6) is 0 Å². The Balaban J connectivity index is 3.00. The minimum absolute atomic E-state index is 0.349. The van der Waals surface area contributed by atoms with E-state index in [2.05, 4.69) is 26.0 Å². The van der Waals surface area contributed by atoms with Gasteiger partial charge in [-0.05, 0) is 25.2 Å². The Morgan fingerprint density at radius 3 is 2.33 bits per heavy atom. The summed E-state index contributed by atoms with van der Waals surface area (Å²) in [6.45, 7) is 4.74. The predicted molar refractivity (Wildman–Crippen MR) is 54.1 cm³/mol. The van der Waals surface area contributed by atoms with Gasteiger partial charge in [0, 0.05) is 6.61 Å². The molecule has 0 aliphatic carbocycles. The summed E-state index contributed by atoms with van der Waals surface area (Å²) >= 11 is 0. The standard InChI is InChI=1S/C11H22O/c1-11(2)9-7-5-3-4-6-8-10-12/h7,9,11-12H,3-6,8,10H2,1-2H3/b9-7+. The normalized spacial score (nSPS) is 11.7. The van der Waals surface area contributed by atoms with Crippen molar-refractivity contribution >= 4 is 0 Å². The molecule has 1 heteroatoms. The predicted octanol–water partition coefficient (Wildman–Crippen LogP) is 3.14. The van der Waals surface area contributed by atoms with Gasteiger partial charge in [-0.1, -0.05) is 38.8 Å². The van der Waals surface area contributed by atoms with Crippen molar-refractivity contribution in [2.24, 2.45) is 5.92 Å². The van der Waals surface area contributed by atoms with Crippen molar-refractivity contribution < 1.29 is 5.11 Å². The second-order valence-corrected chi connectivity index (χ2v) is 3.60. The summed E-state index contributed by atoms with van der Waals surface area (Å²) in [7, 11) is 0. The maximum Gasteiger partial charge on any atom is 0.0431 e. The van der Waals surface area contributed by atoms with Crippen molar-refractivity contribution in [2.45, 2.75) is 46.0 Å². The summed E-state index contributed by atoms with van der Waals surface area (Å²) in [5.74, 6) is 0.683. The molecule has 12 heavy (non-hydrogen) atoms. The molecule has 1 N–H and O–H groups in total. The van der Waals surface area contributed by atoms with Crippen LogP contribution in [0.2, 0.25) is 0 Å². The lowest BCUT2D eigenvalue weighted by Gasteiger charge is -1.96. The summed E-state index contributed by atoms with van der Waals surface area (Å²) in [6, 6.07) is 0. The largest absolute Gasteiger partial charge is 0.396 e. The highest BCUT2D eigenvalue weighted by Gasteiger charge is 1.87. The molecule has 0 aliphatic rings. The van der Waals surface area contributed by atoms with E-state index >= 15 is 0 Å². The zero-order valence-corrected chi connectivity index (χ0v) is 8.42. The molecule has 0 amide bonds. The molecule has 0 saturated carbocycles. The van der Waals surface area contributed by atoms with Crippen LogP contribution in [0, 0.1) is 5.92 Å². The number of allylic oxidation sites excluding steroid dienone is 2. The van der Waals surface area contributed by atoms with E-state index in [9.17, 15) is 0 Å². The number of hydrogen-bond donors (Lipinski definition) is 1. The lowest BCUT2D eigenvalue weighted by Crippen LogP contribution is -1.83. The Morgan fingerprint density at radius 1 is 1.08 bits per heavy atom. The highest BCUT2D eigenvalue weighted by atomic mass is 16.2. The van der Waals surface area contributed by atoms with E-state index in [0.717, 1.165) is 6.42 Å². The van der Waals surface area contributed by atoms with Gasteiger partial charge in [0.05, 0.1) is 0 Å². The third kappa shape index (κ3) is 9.70. The Hall–Kier alpha value is -0.300. The third-order valence-corrected chi connectivity index (χ3v) is 1.80. The number of rotatable bonds is 7. The number of aliphatic hydroxyl groups excluding tert-OH is 1. The maximum absolute atomic E-state index is 8.53. The highest BCUT2D eigenvalue weighted by Crippen LogP contribution is 2.04. The first-order chi connectivity index (χ1) is 5.77. The van der Waals surface area contributed by atoms with Crippen LogP contribution in [-0.2, 0) is 0 Å². The van der Waals surface area contributed by atoms with Crippen LogP contribution in [0.1, 0.15) is 46.0 Å². The third-order valence-electron chi connectivity index (χ3n) is 1.80. The minimum atomic E-state index is 0.349. The molecule has 0 aromatic carbocycles. The second-order valence-electron chi connectivity index (χ2n) is 3.60. The molecule has 0 bridgehead atoms. The Morgan fingerprint density at radius 2 is 1.75 bits per heavy atom. The van der Waals surface area contributed by atoms with Crippen LogP contribution in [0.4, 0.5) is 0 Å². The number of unbranched alkanes of at least 4 members (excludes halogenated alkanes) is 4. The van der Waals surface area contributed by atoms with Gasteiger partial charge >= 0.3 is 0 Å². The fourth-order valence-electron chi connectivity index (χ4n) is 1.10. The van der Waals surface area contributed by atoms with Crippen LogP contribution >= 0.6 is 0 Å². The van der Waals surface area contributed by atoms with Gasteiger partial charge < -0.3 is 5.11 Å². The van der Waals surface area contributed by atoms with E-state index in [0.29, 0.717) is 12.5 Å². The summed E-state index contributed by atoms with van der Waals surface area (Å²) in [5.41, 5.74) is 0. The average molecular weight is 170 g/mol. The monoisotopic (exact) mass is 170 g/mol. The zero-order chi connectivity index (χ0) is 9.23. The lowest BCUT2D eigenvalue weighted by molar-refractivity contribution is 0.282. The fourth-order valence-corrected chi connectivity index (χ4v) is 1.10. The summed E-state index contributed by atoms with van der Waals surface area (Å²) < 4.78 is 0. The van der Waals surface area contributed by atoms with E-state index in [1.165, 1.54) is 25.7 Å². The van der Waals surface area contributed by atoms with E-state index in [-0.39, 0.29) is 0 Å². The summed E-state index contributed by atoms with van der Waals surface area (Å²) in [5, 5.41) is 8.53. The number of aliphatic hydroxyl groups is 1. The average Bonchev–Trinajstić information content (AvgIpc) is 2.02. The Bertz CT molecular complexity index is 106. The van der Waals surface area contributed by atoms with Gasteiger partial charge in [-0.3, -0.25) is 0 Å². The molecule has 0 atom stereocenters. The van der Waals surface area contributed by atoms with Gasteiger partial charge in [0.2, 0.25) is 0 Å². The van der Waals surface area contributed by atoms with E-state index < -0.39 is 0 Å². The highest BCUT2D eigenvalue weighted by molar-refractivity contribution is 4.83. The number of hydrogen-bond acceptors (Lipinski definition) is 1. The molecule has 0 aromatic rings. The first kappa shape index (κ1) is 11.7. The van der Waals surface area contributed by atoms with Crippen molar-refractivity contribution in [3.05, 3.63) is 12.2 Å². The van der Waals surface area contributed by atoms with Crippen molar-refractivity contribution in [1.82, 2.24) is 0 Å². The quantitative estimate of drug-likeness (QED) is 0.459. The van der Waals surface area contributed by atoms with Crippen LogP contribution < -0.4 is 0 Å². The topological polar surface area (TPSA) is 20.2 Å². The van der Waals surface area contributed by atoms with Gasteiger partial charge in [-0.2, -0.15) is 0 Å². The fraction of sp³-hybridized carbons (Fsp3) is 0.818. The minimum Gasteiger partial charge on any atom is -0.396 e. The molecule has 0 rings (SSSR count). The summed E-state index contributed by atoms with van der Waals surface area (Å²) in [6.07, 6.45) is 10.4. The van der Waals surface area contributed by atoms with Crippen LogP contribution in [-0.4, -0.2) is 11.7 Å². The molecule has 0 heterocycles. The van der Waals surface area contributed by atoms with Crippen LogP contribution in [0.3, 0.4) is 0 Å². The van der Waals surface area contributed by atoms with Crippen molar-refractivity contribution in [2.75, 3.05) is 6.61 Å². The van der Waals surface area contributed by atoms with Gasteiger partial charge in [0.15, 0.2) is 0 Å². The smallest absolute Gasteiger partial charge is 0.0431 e. The lowest BCUT2D eigenvalue weighted by atomic mass is 10.1. The van der Waals surface area contributed by atoms with Crippen molar-refractivity contribution in [1.29, 1.82) is 0 Å². The molecular formula is C11H22O. The molecule has 1 nitrogen and oxygen atoms in total.